The van der Waals surface area contributed by atoms with Gasteiger partial charge in [0, 0.05) is 76.5 Å². The number of carbonyl (C=O) groups excluding carboxylic acids is 3. The van der Waals surface area contributed by atoms with E-state index in [1.165, 1.54) is 12.8 Å². The maximum Gasteiger partial charge on any atom is 0.222 e. The van der Waals surface area contributed by atoms with E-state index in [-0.39, 0.29) is 23.7 Å². The number of likely N-dealkylation sites (tertiary alicyclic amines) is 1. The number of benzene rings is 1. The topological polar surface area (TPSA) is 60.9 Å². The summed E-state index contributed by atoms with van der Waals surface area (Å²) in [6.45, 7) is 10.5. The van der Waals surface area contributed by atoms with Crippen LogP contribution in [0.4, 0.5) is 0 Å². The summed E-state index contributed by atoms with van der Waals surface area (Å²) in [5.74, 6) is 1.65. The van der Waals surface area contributed by atoms with Crippen LogP contribution in [0.25, 0.3) is 0 Å². The van der Waals surface area contributed by atoms with Crippen molar-refractivity contribution in [3.8, 4) is 0 Å². The van der Waals surface area contributed by atoms with Crippen LogP contribution in [0.2, 0.25) is 5.02 Å². The molecule has 1 saturated carbocycles. The van der Waals surface area contributed by atoms with E-state index in [1.54, 1.807) is 6.92 Å². The second-order valence-corrected chi connectivity index (χ2v) is 11.5. The maximum atomic E-state index is 12.9. The third-order valence-corrected chi connectivity index (χ3v) is 8.33. The summed E-state index contributed by atoms with van der Waals surface area (Å²) in [7, 11) is 0. The molecule has 192 valence electrons. The first-order valence-corrected chi connectivity index (χ1v) is 13.6. The van der Waals surface area contributed by atoms with E-state index in [1.807, 2.05) is 17.0 Å². The van der Waals surface area contributed by atoms with Gasteiger partial charge in [-0.05, 0) is 67.3 Å². The van der Waals surface area contributed by atoms with Crippen molar-refractivity contribution in [2.75, 3.05) is 32.7 Å². The van der Waals surface area contributed by atoms with Crippen molar-refractivity contribution in [3.63, 3.8) is 0 Å². The van der Waals surface area contributed by atoms with E-state index in [2.05, 4.69) is 23.6 Å². The summed E-state index contributed by atoms with van der Waals surface area (Å²) < 4.78 is 0. The average Bonchev–Trinajstić information content (AvgIpc) is 3.51. The highest BCUT2D eigenvalue weighted by molar-refractivity contribution is 6.30. The van der Waals surface area contributed by atoms with E-state index < -0.39 is 0 Å². The first-order valence-electron chi connectivity index (χ1n) is 13.3. The van der Waals surface area contributed by atoms with Crippen LogP contribution in [0, 0.1) is 18.8 Å². The van der Waals surface area contributed by atoms with Gasteiger partial charge in [-0.2, -0.15) is 0 Å². The zero-order chi connectivity index (χ0) is 25.1. The summed E-state index contributed by atoms with van der Waals surface area (Å²) >= 11 is 6.48. The van der Waals surface area contributed by atoms with Gasteiger partial charge in [0.25, 0.3) is 0 Å². The highest BCUT2D eigenvalue weighted by Crippen LogP contribution is 2.34. The molecule has 2 aliphatic heterocycles. The van der Waals surface area contributed by atoms with E-state index in [4.69, 9.17) is 11.6 Å². The predicted molar refractivity (Wildman–Crippen MR) is 138 cm³/mol. The summed E-state index contributed by atoms with van der Waals surface area (Å²) in [4.78, 5) is 43.4. The standard InChI is InChI=1S/C28H40ClN3O3/c1-19-16-30(10-11-32(19)28(35)7-6-22-4-5-22)18-25-14-26(29)13-24(20(25)2)15-27(34)12-23-8-9-31(17-23)21(3)33/h13-14,19,22-23H,4-12,15-18H2,1-3H3/t19-,23?/m0/s1. The molecule has 4 rings (SSSR count). The monoisotopic (exact) mass is 501 g/mol. The molecule has 0 radical (unpaired) electrons. The second kappa shape index (κ2) is 11.4. The lowest BCUT2D eigenvalue weighted by Crippen LogP contribution is -2.53. The van der Waals surface area contributed by atoms with Gasteiger partial charge in [-0.15, -0.1) is 0 Å². The molecule has 2 heterocycles. The number of nitrogens with zero attached hydrogens (tertiary/aromatic N) is 3. The van der Waals surface area contributed by atoms with Gasteiger partial charge >= 0.3 is 0 Å². The Morgan fingerprint density at radius 2 is 1.74 bits per heavy atom. The van der Waals surface area contributed by atoms with Gasteiger partial charge in [0.15, 0.2) is 0 Å². The van der Waals surface area contributed by atoms with Crippen molar-refractivity contribution in [3.05, 3.63) is 33.8 Å². The van der Waals surface area contributed by atoms with Crippen molar-refractivity contribution in [1.29, 1.82) is 0 Å². The Bertz CT molecular complexity index is 961. The van der Waals surface area contributed by atoms with Crippen LogP contribution in [0.5, 0.6) is 0 Å². The van der Waals surface area contributed by atoms with E-state index >= 15 is 0 Å². The van der Waals surface area contributed by atoms with E-state index in [9.17, 15) is 14.4 Å². The minimum absolute atomic E-state index is 0.0908. The lowest BCUT2D eigenvalue weighted by atomic mass is 9.93. The third-order valence-electron chi connectivity index (χ3n) is 8.11. The van der Waals surface area contributed by atoms with Gasteiger partial charge in [0.2, 0.25) is 11.8 Å². The van der Waals surface area contributed by atoms with Crippen molar-refractivity contribution in [2.24, 2.45) is 11.8 Å². The Morgan fingerprint density at radius 3 is 2.40 bits per heavy atom. The zero-order valence-electron chi connectivity index (χ0n) is 21.5. The molecular formula is C28H40ClN3O3. The van der Waals surface area contributed by atoms with Gasteiger partial charge in [0.1, 0.15) is 5.78 Å². The molecule has 2 saturated heterocycles. The Kier molecular flexibility index (Phi) is 8.54. The molecule has 2 atom stereocenters. The minimum atomic E-state index is 0.0908. The fourth-order valence-corrected chi connectivity index (χ4v) is 5.97. The largest absolute Gasteiger partial charge is 0.343 e. The van der Waals surface area contributed by atoms with Crippen LogP contribution in [-0.4, -0.2) is 71.1 Å². The Morgan fingerprint density at radius 1 is 1.00 bits per heavy atom. The lowest BCUT2D eigenvalue weighted by molar-refractivity contribution is -0.136. The summed E-state index contributed by atoms with van der Waals surface area (Å²) in [5.41, 5.74) is 3.29. The quantitative estimate of drug-likeness (QED) is 0.507. The smallest absolute Gasteiger partial charge is 0.222 e. The molecule has 0 N–H and O–H groups in total. The maximum absolute atomic E-state index is 12.9. The number of rotatable bonds is 9. The molecule has 6 nitrogen and oxygen atoms in total. The van der Waals surface area contributed by atoms with E-state index in [0.717, 1.165) is 68.2 Å². The first-order chi connectivity index (χ1) is 16.7. The van der Waals surface area contributed by atoms with Crippen LogP contribution >= 0.6 is 11.6 Å². The summed E-state index contributed by atoms with van der Waals surface area (Å²) in [6.07, 6.45) is 6.12. The number of carbonyl (C=O) groups is 3. The number of hydrogen-bond donors (Lipinski definition) is 0. The van der Waals surface area contributed by atoms with Crippen LogP contribution in [-0.2, 0) is 27.3 Å². The highest BCUT2D eigenvalue weighted by atomic mass is 35.5. The number of ketones is 1. The average molecular weight is 502 g/mol. The van der Waals surface area contributed by atoms with Gasteiger partial charge in [-0.25, -0.2) is 0 Å². The van der Waals surface area contributed by atoms with Crippen molar-refractivity contribution >= 4 is 29.2 Å². The van der Waals surface area contributed by atoms with E-state index in [0.29, 0.717) is 36.7 Å². The third kappa shape index (κ3) is 7.07. The molecule has 3 fully saturated rings. The minimum Gasteiger partial charge on any atom is -0.343 e. The molecule has 0 bridgehead atoms. The summed E-state index contributed by atoms with van der Waals surface area (Å²) in [5, 5.41) is 0.666. The molecular weight excluding hydrogens is 462 g/mol. The number of hydrogen-bond acceptors (Lipinski definition) is 4. The predicted octanol–water partition coefficient (Wildman–Crippen LogP) is 4.24. The fraction of sp³-hybridized carbons (Fsp3) is 0.679. The number of piperazine rings is 1. The molecule has 2 amide bonds. The number of halogens is 1. The van der Waals surface area contributed by atoms with Crippen molar-refractivity contribution in [2.45, 2.75) is 78.3 Å². The van der Waals surface area contributed by atoms with Crippen LogP contribution in [0.1, 0.15) is 69.1 Å². The van der Waals surface area contributed by atoms with Crippen molar-refractivity contribution in [1.82, 2.24) is 14.7 Å². The van der Waals surface area contributed by atoms with Crippen molar-refractivity contribution < 1.29 is 14.4 Å². The molecule has 1 aromatic rings. The zero-order valence-corrected chi connectivity index (χ0v) is 22.3. The Hall–Kier alpha value is -1.92. The molecule has 3 aliphatic rings. The SMILES string of the molecule is CC(=O)N1CCC(CC(=O)Cc2cc(Cl)cc(CN3CCN(C(=O)CCC4CC4)[C@@H](C)C3)c2C)C1. The van der Waals surface area contributed by atoms with Gasteiger partial charge in [0.05, 0.1) is 0 Å². The van der Waals surface area contributed by atoms with Gasteiger partial charge in [-0.1, -0.05) is 24.4 Å². The number of Topliss-reactive ketones (excluding diaryl/α,β-unsaturated/α-hetero) is 1. The summed E-state index contributed by atoms with van der Waals surface area (Å²) in [6, 6.07) is 4.15. The molecule has 1 aliphatic carbocycles. The van der Waals surface area contributed by atoms with Crippen LogP contribution in [0.3, 0.4) is 0 Å². The van der Waals surface area contributed by atoms with Crippen LogP contribution in [0.15, 0.2) is 12.1 Å². The molecule has 35 heavy (non-hydrogen) atoms. The first kappa shape index (κ1) is 26.2. The molecule has 0 aromatic heterocycles. The molecule has 1 aromatic carbocycles. The molecule has 1 unspecified atom stereocenters. The second-order valence-electron chi connectivity index (χ2n) is 11.0. The Balaban J connectivity index is 1.31. The fourth-order valence-electron chi connectivity index (χ4n) is 5.70. The normalized spacial score (nSPS) is 23.1. The van der Waals surface area contributed by atoms with Gasteiger partial charge < -0.3 is 9.80 Å². The number of amides is 2. The highest BCUT2D eigenvalue weighted by Gasteiger charge is 2.30. The Labute approximate surface area is 215 Å². The lowest BCUT2D eigenvalue weighted by Gasteiger charge is -2.40. The van der Waals surface area contributed by atoms with Crippen LogP contribution < -0.4 is 0 Å². The molecule has 7 heteroatoms. The van der Waals surface area contributed by atoms with Gasteiger partial charge in [-0.3, -0.25) is 19.3 Å². The molecule has 0 spiro atoms.